The van der Waals surface area contributed by atoms with Crippen molar-refractivity contribution in [2.45, 2.75) is 4.90 Å². The Labute approximate surface area is 120 Å². The maximum Gasteiger partial charge on any atom is 0.274 e. The van der Waals surface area contributed by atoms with Crippen molar-refractivity contribution in [3.05, 3.63) is 53.3 Å². The maximum absolute atomic E-state index is 11.9. The van der Waals surface area contributed by atoms with Crippen LogP contribution in [0.3, 0.4) is 0 Å². The van der Waals surface area contributed by atoms with Crippen molar-refractivity contribution in [3.8, 4) is 0 Å². The minimum Gasteiger partial charge on any atom is -0.321 e. The number of hydrogen-bond donors (Lipinski definition) is 2. The Kier molecular flexibility index (Phi) is 4.03. The molecule has 1 aromatic heterocycles. The first-order valence-corrected chi connectivity index (χ1v) is 7.34. The van der Waals surface area contributed by atoms with E-state index in [1.54, 1.807) is 6.07 Å². The van der Waals surface area contributed by atoms with Crippen molar-refractivity contribution in [3.63, 3.8) is 0 Å². The largest absolute Gasteiger partial charge is 0.321 e. The zero-order valence-corrected chi connectivity index (χ0v) is 11.6. The molecule has 2 rings (SSSR count). The number of primary sulfonamides is 1. The second-order valence-electron chi connectivity index (χ2n) is 3.89. The van der Waals surface area contributed by atoms with Crippen LogP contribution in [0, 0.1) is 0 Å². The van der Waals surface area contributed by atoms with Gasteiger partial charge in [0.2, 0.25) is 10.0 Å². The van der Waals surface area contributed by atoms with Crippen LogP contribution < -0.4 is 10.5 Å². The second-order valence-corrected chi connectivity index (χ2v) is 5.88. The molecule has 20 heavy (non-hydrogen) atoms. The molecule has 2 aromatic rings. The molecule has 0 aliphatic rings. The lowest BCUT2D eigenvalue weighted by Crippen LogP contribution is -2.15. The van der Waals surface area contributed by atoms with E-state index < -0.39 is 15.9 Å². The van der Waals surface area contributed by atoms with Crippen molar-refractivity contribution >= 4 is 33.2 Å². The number of hydrogen-bond acceptors (Lipinski definition) is 4. The van der Waals surface area contributed by atoms with Crippen LogP contribution in [0.5, 0.6) is 0 Å². The van der Waals surface area contributed by atoms with Gasteiger partial charge in [0.25, 0.3) is 5.91 Å². The summed E-state index contributed by atoms with van der Waals surface area (Å²) in [5, 5.41) is 7.91. The highest BCUT2D eigenvalue weighted by molar-refractivity contribution is 7.89. The number of carbonyl (C=O) groups excluding carboxylic acids is 1. The number of nitrogens with two attached hydrogens (primary N) is 1. The van der Waals surface area contributed by atoms with Gasteiger partial charge in [-0.15, -0.1) is 0 Å². The fourth-order valence-electron chi connectivity index (χ4n) is 1.47. The van der Waals surface area contributed by atoms with Crippen LogP contribution in [0.15, 0.2) is 47.5 Å². The number of pyridine rings is 1. The van der Waals surface area contributed by atoms with Crippen LogP contribution in [0.1, 0.15) is 10.5 Å². The van der Waals surface area contributed by atoms with Gasteiger partial charge >= 0.3 is 0 Å². The Hall–Kier alpha value is -1.96. The SMILES string of the molecule is NS(=O)(=O)c1cccc(NC(=O)c2cc(Cl)ccn2)c1. The molecule has 104 valence electrons. The van der Waals surface area contributed by atoms with Gasteiger partial charge in [-0.2, -0.15) is 0 Å². The number of nitrogens with one attached hydrogen (secondary N) is 1. The number of rotatable bonds is 3. The van der Waals surface area contributed by atoms with Gasteiger partial charge in [0.15, 0.2) is 0 Å². The fourth-order valence-corrected chi connectivity index (χ4v) is 2.19. The number of halogens is 1. The van der Waals surface area contributed by atoms with Crippen LogP contribution in [0.2, 0.25) is 5.02 Å². The minimum absolute atomic E-state index is 0.0886. The summed E-state index contributed by atoms with van der Waals surface area (Å²) in [5.41, 5.74) is 0.418. The molecule has 0 radical (unpaired) electrons. The van der Waals surface area contributed by atoms with Crippen LogP contribution in [0.25, 0.3) is 0 Å². The molecule has 1 heterocycles. The van der Waals surface area contributed by atoms with Crippen LogP contribution in [0.4, 0.5) is 5.69 Å². The van der Waals surface area contributed by atoms with E-state index in [2.05, 4.69) is 10.3 Å². The highest BCUT2D eigenvalue weighted by Crippen LogP contribution is 2.15. The number of sulfonamides is 1. The Morgan fingerprint density at radius 2 is 2.00 bits per heavy atom. The topological polar surface area (TPSA) is 102 Å². The Morgan fingerprint density at radius 3 is 2.65 bits per heavy atom. The lowest BCUT2D eigenvalue weighted by atomic mass is 10.3. The Bertz CT molecular complexity index is 762. The van der Waals surface area contributed by atoms with Crippen molar-refractivity contribution < 1.29 is 13.2 Å². The molecule has 0 unspecified atom stereocenters. The fraction of sp³-hybridized carbons (Fsp3) is 0. The van der Waals surface area contributed by atoms with E-state index in [1.807, 2.05) is 0 Å². The quantitative estimate of drug-likeness (QED) is 0.899. The molecule has 8 heteroatoms. The molecule has 0 bridgehead atoms. The van der Waals surface area contributed by atoms with Crippen LogP contribution in [-0.4, -0.2) is 19.3 Å². The van der Waals surface area contributed by atoms with Gasteiger partial charge < -0.3 is 5.32 Å². The summed E-state index contributed by atoms with van der Waals surface area (Å²) < 4.78 is 22.4. The summed E-state index contributed by atoms with van der Waals surface area (Å²) in [4.78, 5) is 15.7. The lowest BCUT2D eigenvalue weighted by molar-refractivity contribution is 0.102. The molecule has 6 nitrogen and oxygen atoms in total. The van der Waals surface area contributed by atoms with Crippen LogP contribution in [-0.2, 0) is 10.0 Å². The third-order valence-electron chi connectivity index (χ3n) is 2.38. The molecule has 0 saturated carbocycles. The van der Waals surface area contributed by atoms with Crippen LogP contribution >= 0.6 is 11.6 Å². The predicted molar refractivity (Wildman–Crippen MR) is 75.0 cm³/mol. The van der Waals surface area contributed by atoms with Gasteiger partial charge in [0.1, 0.15) is 5.69 Å². The summed E-state index contributed by atoms with van der Waals surface area (Å²) in [6.45, 7) is 0. The first-order chi connectivity index (χ1) is 9.36. The third kappa shape index (κ3) is 3.53. The second kappa shape index (κ2) is 5.58. The molecular weight excluding hydrogens is 302 g/mol. The number of amides is 1. The molecule has 0 saturated heterocycles. The Morgan fingerprint density at radius 1 is 1.25 bits per heavy atom. The van der Waals surface area contributed by atoms with Gasteiger partial charge in [0.05, 0.1) is 4.90 Å². The molecule has 1 amide bonds. The minimum atomic E-state index is -3.82. The van der Waals surface area contributed by atoms with E-state index in [1.165, 1.54) is 36.5 Å². The monoisotopic (exact) mass is 311 g/mol. The summed E-state index contributed by atoms with van der Waals surface area (Å²) in [6, 6.07) is 8.55. The van der Waals surface area contributed by atoms with E-state index >= 15 is 0 Å². The van der Waals surface area contributed by atoms with Gasteiger partial charge in [0, 0.05) is 16.9 Å². The average molecular weight is 312 g/mol. The molecule has 0 aliphatic carbocycles. The zero-order chi connectivity index (χ0) is 14.8. The third-order valence-corrected chi connectivity index (χ3v) is 3.52. The van der Waals surface area contributed by atoms with Gasteiger partial charge in [-0.05, 0) is 30.3 Å². The van der Waals surface area contributed by atoms with Gasteiger partial charge in [-0.1, -0.05) is 17.7 Å². The van der Waals surface area contributed by atoms with E-state index in [0.29, 0.717) is 10.7 Å². The number of benzene rings is 1. The number of anilines is 1. The summed E-state index contributed by atoms with van der Waals surface area (Å²) in [6.07, 6.45) is 1.40. The molecule has 3 N–H and O–H groups in total. The molecule has 0 spiro atoms. The van der Waals surface area contributed by atoms with Crippen molar-refractivity contribution in [1.82, 2.24) is 4.98 Å². The first-order valence-electron chi connectivity index (χ1n) is 5.42. The molecule has 0 aliphatic heterocycles. The van der Waals surface area contributed by atoms with E-state index in [4.69, 9.17) is 16.7 Å². The molecular formula is C12H10ClN3O3S. The number of aromatic nitrogens is 1. The van der Waals surface area contributed by atoms with Crippen molar-refractivity contribution in [1.29, 1.82) is 0 Å². The number of nitrogens with zero attached hydrogens (tertiary/aromatic N) is 1. The predicted octanol–water partition coefficient (Wildman–Crippen LogP) is 1.63. The number of carbonyl (C=O) groups is 1. The Balaban J connectivity index is 2.25. The molecule has 1 aromatic carbocycles. The van der Waals surface area contributed by atoms with Crippen molar-refractivity contribution in [2.24, 2.45) is 5.14 Å². The van der Waals surface area contributed by atoms with Gasteiger partial charge in [-0.3, -0.25) is 9.78 Å². The summed E-state index contributed by atoms with van der Waals surface area (Å²) in [5.74, 6) is -0.501. The van der Waals surface area contributed by atoms with Crippen molar-refractivity contribution in [2.75, 3.05) is 5.32 Å². The summed E-state index contributed by atoms with van der Waals surface area (Å²) >= 11 is 5.76. The zero-order valence-electron chi connectivity index (χ0n) is 10.1. The normalized spacial score (nSPS) is 11.1. The highest BCUT2D eigenvalue weighted by atomic mass is 35.5. The summed E-state index contributed by atoms with van der Waals surface area (Å²) in [7, 11) is -3.82. The first kappa shape index (κ1) is 14.4. The van der Waals surface area contributed by atoms with Gasteiger partial charge in [-0.25, -0.2) is 13.6 Å². The molecule has 0 fully saturated rings. The maximum atomic E-state index is 11.9. The molecule has 0 atom stereocenters. The standard InChI is InChI=1S/C12H10ClN3O3S/c13-8-4-5-15-11(6-8)12(17)16-9-2-1-3-10(7-9)20(14,18)19/h1-7H,(H,16,17)(H2,14,18,19). The van der Waals surface area contributed by atoms with E-state index in [9.17, 15) is 13.2 Å². The van der Waals surface area contributed by atoms with E-state index in [0.717, 1.165) is 0 Å². The smallest absolute Gasteiger partial charge is 0.274 e. The highest BCUT2D eigenvalue weighted by Gasteiger charge is 2.11. The lowest BCUT2D eigenvalue weighted by Gasteiger charge is -2.06. The van der Waals surface area contributed by atoms with E-state index in [-0.39, 0.29) is 10.6 Å². The average Bonchev–Trinajstić information content (AvgIpc) is 2.38.